The Balaban J connectivity index is -0.000000206. The molecule has 0 saturated carbocycles. The van der Waals surface area contributed by atoms with Crippen molar-refractivity contribution in [1.82, 2.24) is 0 Å². The van der Waals surface area contributed by atoms with Crippen molar-refractivity contribution in [2.45, 2.75) is 33.1 Å². The van der Waals surface area contributed by atoms with E-state index in [0.717, 1.165) is 0 Å². The Morgan fingerprint density at radius 3 is 1.00 bits per heavy atom. The molecule has 120 valence electrons. The van der Waals surface area contributed by atoms with E-state index in [1.807, 2.05) is 0 Å². The molecule has 0 aliphatic rings. The van der Waals surface area contributed by atoms with Gasteiger partial charge in [-0.2, -0.15) is 16.8 Å². The topological polar surface area (TPSA) is 149 Å². The third-order valence-electron chi connectivity index (χ3n) is 1.24. The molecule has 0 saturated heterocycles. The third-order valence-corrected chi connectivity index (χ3v) is 3.09. The number of hydrogen-bond donors (Lipinski definition) is 4. The summed E-state index contributed by atoms with van der Waals surface area (Å²) in [5, 5.41) is 15.8. The minimum Gasteiger partial charge on any atom is -0.396 e. The smallest absolute Gasteiger partial charge is 0.264 e. The van der Waals surface area contributed by atoms with Crippen LogP contribution in [-0.2, 0) is 20.2 Å². The first-order chi connectivity index (χ1) is 8.54. The fourth-order valence-corrected chi connectivity index (χ4v) is 1.62. The van der Waals surface area contributed by atoms with Crippen LogP contribution in [-0.4, -0.2) is 60.9 Å². The first-order valence-electron chi connectivity index (χ1n) is 5.66. The molecule has 0 atom stereocenters. The lowest BCUT2D eigenvalue weighted by molar-refractivity contribution is 0.221. The summed E-state index contributed by atoms with van der Waals surface area (Å²) < 4.78 is 55.1. The normalized spacial score (nSPS) is 10.8. The molecule has 4 N–H and O–H groups in total. The maximum atomic E-state index is 9.79. The SMILES string of the molecule is CCCS(=O)(=O)O.CCCS(=O)(=O)O.OCCCO. The van der Waals surface area contributed by atoms with Gasteiger partial charge >= 0.3 is 0 Å². The predicted molar refractivity (Wildman–Crippen MR) is 72.2 cm³/mol. The Hall–Kier alpha value is -0.260. The molecule has 0 fully saturated rings. The molecule has 0 rings (SSSR count). The average molecular weight is 324 g/mol. The van der Waals surface area contributed by atoms with Crippen molar-refractivity contribution in [3.8, 4) is 0 Å². The zero-order valence-corrected chi connectivity index (χ0v) is 12.8. The fourth-order valence-electron chi connectivity index (χ4n) is 0.587. The van der Waals surface area contributed by atoms with Crippen molar-refractivity contribution < 1.29 is 36.2 Å². The summed E-state index contributed by atoms with van der Waals surface area (Å²) in [5.74, 6) is -0.264. The molecule has 0 aliphatic carbocycles. The highest BCUT2D eigenvalue weighted by Crippen LogP contribution is 1.84. The number of rotatable bonds is 6. The second-order valence-corrected chi connectivity index (χ2v) is 6.52. The van der Waals surface area contributed by atoms with Crippen LogP contribution in [0.1, 0.15) is 33.1 Å². The second kappa shape index (κ2) is 14.2. The van der Waals surface area contributed by atoms with Crippen molar-refractivity contribution in [2.75, 3.05) is 24.7 Å². The number of aliphatic hydroxyl groups excluding tert-OH is 2. The lowest BCUT2D eigenvalue weighted by atomic mass is 10.5. The minimum absolute atomic E-state index is 0.0938. The van der Waals surface area contributed by atoms with Crippen molar-refractivity contribution in [2.24, 2.45) is 0 Å². The van der Waals surface area contributed by atoms with Crippen LogP contribution < -0.4 is 0 Å². The first kappa shape index (κ1) is 23.8. The van der Waals surface area contributed by atoms with Crippen LogP contribution in [0, 0.1) is 0 Å². The van der Waals surface area contributed by atoms with E-state index in [-0.39, 0.29) is 24.7 Å². The molecule has 0 radical (unpaired) electrons. The molecule has 0 heterocycles. The van der Waals surface area contributed by atoms with E-state index in [1.165, 1.54) is 0 Å². The molecule has 0 aromatic carbocycles. The fraction of sp³-hybridized carbons (Fsp3) is 1.00. The van der Waals surface area contributed by atoms with Gasteiger partial charge in [0, 0.05) is 13.2 Å². The maximum Gasteiger partial charge on any atom is 0.264 e. The van der Waals surface area contributed by atoms with Gasteiger partial charge in [0.15, 0.2) is 0 Å². The quantitative estimate of drug-likeness (QED) is 0.496. The van der Waals surface area contributed by atoms with Crippen LogP contribution in [0.4, 0.5) is 0 Å². The molecule has 0 spiro atoms. The van der Waals surface area contributed by atoms with Crippen molar-refractivity contribution >= 4 is 20.2 Å². The van der Waals surface area contributed by atoms with E-state index in [0.29, 0.717) is 19.3 Å². The molecule has 0 bridgehead atoms. The van der Waals surface area contributed by atoms with Crippen molar-refractivity contribution in [3.63, 3.8) is 0 Å². The van der Waals surface area contributed by atoms with Crippen LogP contribution in [0.5, 0.6) is 0 Å². The van der Waals surface area contributed by atoms with Crippen LogP contribution >= 0.6 is 0 Å². The van der Waals surface area contributed by atoms with E-state index in [4.69, 9.17) is 19.3 Å². The number of aliphatic hydroxyl groups is 2. The standard InChI is InChI=1S/2C3H8O3S.C3H8O2/c2*1-2-3-7(4,5)6;4-2-1-3-5/h2*2-3H2,1H3,(H,4,5,6);4-5H,1-3H2. The van der Waals surface area contributed by atoms with Gasteiger partial charge in [0.1, 0.15) is 0 Å². The summed E-state index contributed by atoms with van der Waals surface area (Å²) in [5.41, 5.74) is 0. The highest BCUT2D eigenvalue weighted by molar-refractivity contribution is 7.86. The van der Waals surface area contributed by atoms with Gasteiger partial charge < -0.3 is 10.2 Å². The zero-order chi connectivity index (χ0) is 15.9. The summed E-state index contributed by atoms with van der Waals surface area (Å²) in [4.78, 5) is 0. The van der Waals surface area contributed by atoms with E-state index < -0.39 is 20.2 Å². The Kier molecular flexibility index (Phi) is 17.7. The van der Waals surface area contributed by atoms with E-state index in [1.54, 1.807) is 13.8 Å². The van der Waals surface area contributed by atoms with Gasteiger partial charge in [0.25, 0.3) is 20.2 Å². The highest BCUT2D eigenvalue weighted by atomic mass is 32.2. The van der Waals surface area contributed by atoms with E-state index in [9.17, 15) is 16.8 Å². The van der Waals surface area contributed by atoms with Crippen LogP contribution in [0.15, 0.2) is 0 Å². The lowest BCUT2D eigenvalue weighted by Gasteiger charge is -1.86. The molecule has 8 nitrogen and oxygen atoms in total. The van der Waals surface area contributed by atoms with Crippen LogP contribution in [0.3, 0.4) is 0 Å². The summed E-state index contributed by atoms with van der Waals surface area (Å²) >= 11 is 0. The molecule has 0 unspecified atom stereocenters. The van der Waals surface area contributed by atoms with Gasteiger partial charge in [-0.15, -0.1) is 0 Å². The molecule has 0 aliphatic heterocycles. The summed E-state index contributed by atoms with van der Waals surface area (Å²) in [7, 11) is -7.35. The molecular weight excluding hydrogens is 300 g/mol. The summed E-state index contributed by atoms with van der Waals surface area (Å²) in [6, 6.07) is 0. The second-order valence-electron chi connectivity index (χ2n) is 3.37. The highest BCUT2D eigenvalue weighted by Gasteiger charge is 1.98. The van der Waals surface area contributed by atoms with Crippen molar-refractivity contribution in [3.05, 3.63) is 0 Å². The Morgan fingerprint density at radius 1 is 0.737 bits per heavy atom. The average Bonchev–Trinajstić information content (AvgIpc) is 2.16. The maximum absolute atomic E-state index is 9.79. The van der Waals surface area contributed by atoms with Gasteiger partial charge in [-0.3, -0.25) is 9.11 Å². The van der Waals surface area contributed by atoms with Gasteiger partial charge in [0.05, 0.1) is 11.5 Å². The van der Waals surface area contributed by atoms with Crippen molar-refractivity contribution in [1.29, 1.82) is 0 Å². The van der Waals surface area contributed by atoms with Gasteiger partial charge in [-0.1, -0.05) is 13.8 Å². The minimum atomic E-state index is -3.67. The Labute approximate surface area is 115 Å². The summed E-state index contributed by atoms with van der Waals surface area (Å²) in [6.07, 6.45) is 1.44. The molecule has 0 aromatic rings. The van der Waals surface area contributed by atoms with Gasteiger partial charge in [-0.25, -0.2) is 0 Å². The monoisotopic (exact) mass is 324 g/mol. The molecule has 0 aromatic heterocycles. The van der Waals surface area contributed by atoms with Gasteiger partial charge in [-0.05, 0) is 19.3 Å². The largest absolute Gasteiger partial charge is 0.396 e. The summed E-state index contributed by atoms with van der Waals surface area (Å²) in [6.45, 7) is 3.56. The van der Waals surface area contributed by atoms with E-state index in [2.05, 4.69) is 0 Å². The Morgan fingerprint density at radius 2 is 1.00 bits per heavy atom. The molecule has 19 heavy (non-hydrogen) atoms. The van der Waals surface area contributed by atoms with E-state index >= 15 is 0 Å². The third kappa shape index (κ3) is 46.3. The van der Waals surface area contributed by atoms with Crippen LogP contribution in [0.25, 0.3) is 0 Å². The number of hydrogen-bond acceptors (Lipinski definition) is 6. The predicted octanol–water partition coefficient (Wildman–Crippen LogP) is -0.0705. The molecular formula is C9H24O8S2. The van der Waals surface area contributed by atoms with Crippen LogP contribution in [0.2, 0.25) is 0 Å². The lowest BCUT2D eigenvalue weighted by Crippen LogP contribution is -2.01. The molecule has 0 amide bonds. The first-order valence-corrected chi connectivity index (χ1v) is 8.87. The van der Waals surface area contributed by atoms with Gasteiger partial charge in [0.2, 0.25) is 0 Å². The zero-order valence-electron chi connectivity index (χ0n) is 11.2. The molecule has 10 heteroatoms. The Bertz CT molecular complexity index is 324.